The van der Waals surface area contributed by atoms with Gasteiger partial charge >= 0.3 is 0 Å². The van der Waals surface area contributed by atoms with Crippen molar-refractivity contribution in [1.82, 2.24) is 9.55 Å². The first-order valence-corrected chi connectivity index (χ1v) is 10.0. The van der Waals surface area contributed by atoms with Crippen molar-refractivity contribution in [2.24, 2.45) is 0 Å². The van der Waals surface area contributed by atoms with Crippen LogP contribution in [0.2, 0.25) is 0 Å². The van der Waals surface area contributed by atoms with Crippen molar-refractivity contribution < 1.29 is 0 Å². The fourth-order valence-electron chi connectivity index (χ4n) is 3.31. The van der Waals surface area contributed by atoms with Gasteiger partial charge in [0.25, 0.3) is 5.56 Å². The summed E-state index contributed by atoms with van der Waals surface area (Å²) in [5, 5.41) is 10.3. The van der Waals surface area contributed by atoms with Crippen molar-refractivity contribution in [2.75, 3.05) is 5.75 Å². The largest absolute Gasteiger partial charge is 0.268 e. The molecule has 1 aliphatic carbocycles. The first kappa shape index (κ1) is 16.4. The molecular formula is C19H17N3OS2. The lowest BCUT2D eigenvalue weighted by Crippen LogP contribution is -2.22. The number of nitrogens with zero attached hydrogens (tertiary/aromatic N) is 3. The Balaban J connectivity index is 2.02. The normalized spacial score (nSPS) is 13.2. The number of nitriles is 1. The Bertz CT molecular complexity index is 1090. The summed E-state index contributed by atoms with van der Waals surface area (Å²) in [7, 11) is 0. The summed E-state index contributed by atoms with van der Waals surface area (Å²) in [4.78, 5) is 20.2. The van der Waals surface area contributed by atoms with Crippen LogP contribution in [0.4, 0.5) is 0 Å². The second kappa shape index (κ2) is 6.32. The van der Waals surface area contributed by atoms with E-state index in [0.29, 0.717) is 5.16 Å². The average Bonchev–Trinajstić information content (AvgIpc) is 3.16. The third-order valence-corrected chi connectivity index (χ3v) is 6.71. The Labute approximate surface area is 154 Å². The van der Waals surface area contributed by atoms with Crippen LogP contribution in [-0.4, -0.2) is 15.3 Å². The Kier molecular flexibility index (Phi) is 4.14. The first-order chi connectivity index (χ1) is 12.1. The maximum absolute atomic E-state index is 13.4. The fourth-order valence-corrected chi connectivity index (χ4v) is 5.29. The van der Waals surface area contributed by atoms with Gasteiger partial charge in [0.15, 0.2) is 5.16 Å². The lowest BCUT2D eigenvalue weighted by atomic mass is 10.1. The maximum Gasteiger partial charge on any atom is 0.267 e. The summed E-state index contributed by atoms with van der Waals surface area (Å²) in [5.41, 5.74) is 4.32. The molecule has 0 bridgehead atoms. The van der Waals surface area contributed by atoms with Crippen molar-refractivity contribution in [3.8, 4) is 11.8 Å². The highest BCUT2D eigenvalue weighted by Gasteiger charge is 2.23. The molecule has 126 valence electrons. The van der Waals surface area contributed by atoms with Crippen LogP contribution in [0.25, 0.3) is 15.9 Å². The molecule has 0 spiro atoms. The van der Waals surface area contributed by atoms with Crippen molar-refractivity contribution in [3.05, 3.63) is 50.1 Å². The number of benzene rings is 1. The minimum absolute atomic E-state index is 0.00640. The molecule has 1 aliphatic rings. The van der Waals surface area contributed by atoms with Crippen LogP contribution in [0.15, 0.2) is 28.2 Å². The van der Waals surface area contributed by atoms with Gasteiger partial charge in [-0.05, 0) is 61.9 Å². The van der Waals surface area contributed by atoms with E-state index in [2.05, 4.69) is 13.0 Å². The van der Waals surface area contributed by atoms with Gasteiger partial charge in [0.05, 0.1) is 22.9 Å². The van der Waals surface area contributed by atoms with E-state index in [-0.39, 0.29) is 11.3 Å². The number of rotatable bonds is 3. The quantitative estimate of drug-likeness (QED) is 0.515. The van der Waals surface area contributed by atoms with E-state index in [9.17, 15) is 4.79 Å². The molecular weight excluding hydrogens is 350 g/mol. The zero-order chi connectivity index (χ0) is 17.6. The summed E-state index contributed by atoms with van der Waals surface area (Å²) in [5.74, 6) is 0.272. The number of thiophene rings is 1. The number of hydrogen-bond donors (Lipinski definition) is 0. The van der Waals surface area contributed by atoms with Gasteiger partial charge in [-0.15, -0.1) is 11.3 Å². The highest BCUT2D eigenvalue weighted by atomic mass is 32.2. The number of thioether (sulfide) groups is 1. The van der Waals surface area contributed by atoms with E-state index in [1.54, 1.807) is 15.9 Å². The number of fused-ring (bicyclic) bond motifs is 3. The van der Waals surface area contributed by atoms with Gasteiger partial charge in [0.2, 0.25) is 0 Å². The van der Waals surface area contributed by atoms with Crippen molar-refractivity contribution in [2.45, 2.75) is 38.3 Å². The number of aromatic nitrogens is 2. The van der Waals surface area contributed by atoms with Crippen molar-refractivity contribution >= 4 is 33.3 Å². The van der Waals surface area contributed by atoms with E-state index in [4.69, 9.17) is 10.2 Å². The molecule has 4 rings (SSSR count). The van der Waals surface area contributed by atoms with Crippen LogP contribution < -0.4 is 5.56 Å². The van der Waals surface area contributed by atoms with E-state index in [1.165, 1.54) is 27.8 Å². The zero-order valence-electron chi connectivity index (χ0n) is 14.1. The highest BCUT2D eigenvalue weighted by Crippen LogP contribution is 2.36. The average molecular weight is 367 g/mol. The summed E-state index contributed by atoms with van der Waals surface area (Å²) in [6, 6.07) is 8.14. The van der Waals surface area contributed by atoms with Gasteiger partial charge in [-0.2, -0.15) is 5.26 Å². The molecule has 1 aromatic carbocycles. The third-order valence-electron chi connectivity index (χ3n) is 4.72. The highest BCUT2D eigenvalue weighted by molar-refractivity contribution is 7.99. The smallest absolute Gasteiger partial charge is 0.267 e. The van der Waals surface area contributed by atoms with E-state index in [0.717, 1.165) is 40.7 Å². The SMILES string of the molecule is Cc1ccc(-n2c(SCC#N)nc3sc4c(c3c2=O)CCC4)cc1C. The summed E-state index contributed by atoms with van der Waals surface area (Å²) in [6.45, 7) is 4.10. The van der Waals surface area contributed by atoms with Crippen LogP contribution in [0, 0.1) is 25.2 Å². The van der Waals surface area contributed by atoms with Crippen molar-refractivity contribution in [1.29, 1.82) is 5.26 Å². The molecule has 0 atom stereocenters. The van der Waals surface area contributed by atoms with Gasteiger partial charge in [0, 0.05) is 4.88 Å². The Morgan fingerprint density at radius 1 is 1.32 bits per heavy atom. The molecule has 0 amide bonds. The summed E-state index contributed by atoms with van der Waals surface area (Å²) < 4.78 is 1.68. The van der Waals surface area contributed by atoms with Gasteiger partial charge in [0.1, 0.15) is 4.83 Å². The molecule has 4 nitrogen and oxygen atoms in total. The van der Waals surface area contributed by atoms with Gasteiger partial charge < -0.3 is 0 Å². The number of aryl methyl sites for hydroxylation is 4. The molecule has 6 heteroatoms. The Hall–Kier alpha value is -2.10. The van der Waals surface area contributed by atoms with Gasteiger partial charge in [-0.1, -0.05) is 17.8 Å². The molecule has 0 unspecified atom stereocenters. The van der Waals surface area contributed by atoms with Gasteiger partial charge in [-0.3, -0.25) is 9.36 Å². The topological polar surface area (TPSA) is 58.7 Å². The van der Waals surface area contributed by atoms with E-state index in [1.807, 2.05) is 25.1 Å². The summed E-state index contributed by atoms with van der Waals surface area (Å²) in [6.07, 6.45) is 3.12. The molecule has 2 heterocycles. The molecule has 0 aliphatic heterocycles. The minimum Gasteiger partial charge on any atom is -0.268 e. The van der Waals surface area contributed by atoms with E-state index >= 15 is 0 Å². The zero-order valence-corrected chi connectivity index (χ0v) is 15.8. The summed E-state index contributed by atoms with van der Waals surface area (Å²) >= 11 is 2.96. The lowest BCUT2D eigenvalue weighted by Gasteiger charge is -2.13. The van der Waals surface area contributed by atoms with Crippen LogP contribution >= 0.6 is 23.1 Å². The molecule has 0 fully saturated rings. The first-order valence-electron chi connectivity index (χ1n) is 8.25. The van der Waals surface area contributed by atoms with E-state index < -0.39 is 0 Å². The monoisotopic (exact) mass is 367 g/mol. The van der Waals surface area contributed by atoms with Gasteiger partial charge in [-0.25, -0.2) is 4.98 Å². The molecule has 3 aromatic rings. The minimum atomic E-state index is -0.00640. The molecule has 0 saturated heterocycles. The van der Waals surface area contributed by atoms with Crippen LogP contribution in [-0.2, 0) is 12.8 Å². The second-order valence-corrected chi connectivity index (χ2v) is 8.31. The Morgan fingerprint density at radius 3 is 2.92 bits per heavy atom. The van der Waals surface area contributed by atoms with Crippen molar-refractivity contribution in [3.63, 3.8) is 0 Å². The predicted octanol–water partition coefficient (Wildman–Crippen LogP) is 4.17. The van der Waals surface area contributed by atoms with Crippen LogP contribution in [0.5, 0.6) is 0 Å². The molecule has 25 heavy (non-hydrogen) atoms. The van der Waals surface area contributed by atoms with Crippen LogP contribution in [0.1, 0.15) is 28.0 Å². The molecule has 0 N–H and O–H groups in total. The lowest BCUT2D eigenvalue weighted by molar-refractivity contribution is 0.820. The third kappa shape index (κ3) is 2.68. The number of hydrogen-bond acceptors (Lipinski definition) is 5. The molecule has 2 aromatic heterocycles. The maximum atomic E-state index is 13.4. The fraction of sp³-hybridized carbons (Fsp3) is 0.316. The second-order valence-electron chi connectivity index (χ2n) is 6.29. The molecule has 0 radical (unpaired) electrons. The molecule has 0 saturated carbocycles. The Morgan fingerprint density at radius 2 is 2.16 bits per heavy atom. The standard InChI is InChI=1S/C19H17N3OS2/c1-11-6-7-13(10-12(11)2)22-18(23)16-14-4-3-5-15(14)25-17(16)21-19(22)24-9-8-20/h6-7,10H,3-5,9H2,1-2H3. The predicted molar refractivity (Wildman–Crippen MR) is 103 cm³/mol. The van der Waals surface area contributed by atoms with Crippen LogP contribution in [0.3, 0.4) is 0 Å².